The Morgan fingerprint density at radius 1 is 1.40 bits per heavy atom. The minimum atomic E-state index is -0.178. The third-order valence-corrected chi connectivity index (χ3v) is 1.73. The first-order valence-electron chi connectivity index (χ1n) is 3.55. The summed E-state index contributed by atoms with van der Waals surface area (Å²) in [5, 5.41) is 0. The number of hydrogen-bond acceptors (Lipinski definition) is 3. The molecule has 0 saturated carbocycles. The third-order valence-electron chi connectivity index (χ3n) is 1.73. The molecule has 0 spiro atoms. The highest BCUT2D eigenvalue weighted by molar-refractivity contribution is 4.67. The lowest BCUT2D eigenvalue weighted by Crippen LogP contribution is -2.28. The van der Waals surface area contributed by atoms with Gasteiger partial charge in [0, 0.05) is 20.8 Å². The van der Waals surface area contributed by atoms with Gasteiger partial charge >= 0.3 is 0 Å². The normalized spacial score (nSPS) is 26.1. The summed E-state index contributed by atoms with van der Waals surface area (Å²) < 4.78 is 15.4. The molecule has 0 aromatic heterocycles. The zero-order chi connectivity index (χ0) is 7.40. The topological polar surface area (TPSA) is 27.7 Å². The summed E-state index contributed by atoms with van der Waals surface area (Å²) in [6.07, 6.45) is 2.14. The van der Waals surface area contributed by atoms with E-state index < -0.39 is 0 Å². The second-order valence-electron chi connectivity index (χ2n) is 2.39. The third kappa shape index (κ3) is 1.68. The number of rotatable bonds is 3. The van der Waals surface area contributed by atoms with E-state index in [1.807, 2.05) is 0 Å². The molecule has 1 heterocycles. The predicted molar refractivity (Wildman–Crippen MR) is 36.8 cm³/mol. The lowest BCUT2D eigenvalue weighted by atomic mass is 10.2. The van der Waals surface area contributed by atoms with Crippen LogP contribution in [0.4, 0.5) is 0 Å². The fraction of sp³-hybridized carbons (Fsp3) is 1.00. The molecule has 0 bridgehead atoms. The fourth-order valence-electron chi connectivity index (χ4n) is 1.22. The van der Waals surface area contributed by atoms with Crippen LogP contribution in [-0.4, -0.2) is 33.2 Å². The van der Waals surface area contributed by atoms with Gasteiger partial charge in [0.1, 0.15) is 6.10 Å². The van der Waals surface area contributed by atoms with Gasteiger partial charge in [-0.25, -0.2) is 0 Å². The van der Waals surface area contributed by atoms with Crippen molar-refractivity contribution < 1.29 is 14.2 Å². The predicted octanol–water partition coefficient (Wildman–Crippen LogP) is 0.784. The van der Waals surface area contributed by atoms with Crippen molar-refractivity contribution in [2.75, 3.05) is 20.8 Å². The van der Waals surface area contributed by atoms with Crippen LogP contribution >= 0.6 is 0 Å². The maximum absolute atomic E-state index is 5.35. The summed E-state index contributed by atoms with van der Waals surface area (Å²) in [5.74, 6) is 0. The lowest BCUT2D eigenvalue weighted by molar-refractivity contribution is -0.167. The molecule has 1 aliphatic heterocycles. The summed E-state index contributed by atoms with van der Waals surface area (Å²) in [5.41, 5.74) is 0. The number of ether oxygens (including phenoxy) is 3. The van der Waals surface area contributed by atoms with E-state index in [0.717, 1.165) is 19.4 Å². The molecule has 0 aliphatic carbocycles. The minimum absolute atomic E-state index is 0.148. The van der Waals surface area contributed by atoms with E-state index in [-0.39, 0.29) is 12.4 Å². The van der Waals surface area contributed by atoms with Crippen molar-refractivity contribution in [1.82, 2.24) is 0 Å². The van der Waals surface area contributed by atoms with E-state index in [9.17, 15) is 0 Å². The van der Waals surface area contributed by atoms with Crippen molar-refractivity contribution in [3.05, 3.63) is 0 Å². The Morgan fingerprint density at radius 2 is 2.10 bits per heavy atom. The Kier molecular flexibility index (Phi) is 3.12. The van der Waals surface area contributed by atoms with Gasteiger partial charge in [-0.1, -0.05) is 0 Å². The van der Waals surface area contributed by atoms with Crippen LogP contribution in [0, 0.1) is 0 Å². The molecule has 0 amide bonds. The van der Waals surface area contributed by atoms with Gasteiger partial charge in [0.15, 0.2) is 6.29 Å². The smallest absolute Gasteiger partial charge is 0.182 e. The molecule has 1 fully saturated rings. The van der Waals surface area contributed by atoms with Gasteiger partial charge in [-0.15, -0.1) is 0 Å². The first kappa shape index (κ1) is 7.98. The van der Waals surface area contributed by atoms with Crippen molar-refractivity contribution in [3.8, 4) is 0 Å². The molecule has 0 N–H and O–H groups in total. The van der Waals surface area contributed by atoms with Crippen LogP contribution in [0.1, 0.15) is 12.8 Å². The Labute approximate surface area is 61.3 Å². The fourth-order valence-corrected chi connectivity index (χ4v) is 1.22. The largest absolute Gasteiger partial charge is 0.373 e. The van der Waals surface area contributed by atoms with Crippen LogP contribution in [0.25, 0.3) is 0 Å². The van der Waals surface area contributed by atoms with Gasteiger partial charge < -0.3 is 14.2 Å². The first-order chi connectivity index (χ1) is 4.88. The van der Waals surface area contributed by atoms with Crippen molar-refractivity contribution in [2.24, 2.45) is 0 Å². The van der Waals surface area contributed by atoms with Crippen LogP contribution in [0.5, 0.6) is 0 Å². The van der Waals surface area contributed by atoms with E-state index in [1.165, 1.54) is 0 Å². The van der Waals surface area contributed by atoms with Crippen molar-refractivity contribution in [3.63, 3.8) is 0 Å². The average Bonchev–Trinajstić information content (AvgIpc) is 2.43. The zero-order valence-corrected chi connectivity index (χ0v) is 6.50. The van der Waals surface area contributed by atoms with E-state index >= 15 is 0 Å². The molecule has 0 radical (unpaired) electrons. The van der Waals surface area contributed by atoms with Crippen LogP contribution in [-0.2, 0) is 14.2 Å². The van der Waals surface area contributed by atoms with Gasteiger partial charge in [-0.2, -0.15) is 0 Å². The van der Waals surface area contributed by atoms with E-state index in [0.29, 0.717) is 0 Å². The van der Waals surface area contributed by atoms with Crippen LogP contribution in [0.15, 0.2) is 0 Å². The molecule has 1 aliphatic rings. The SMILES string of the molecule is COC(OC)[C@@H]1CCCO1. The van der Waals surface area contributed by atoms with Gasteiger partial charge in [-0.05, 0) is 12.8 Å². The van der Waals surface area contributed by atoms with Crippen LogP contribution in [0.2, 0.25) is 0 Å². The number of hydrogen-bond donors (Lipinski definition) is 0. The summed E-state index contributed by atoms with van der Waals surface area (Å²) >= 11 is 0. The Hall–Kier alpha value is -0.120. The van der Waals surface area contributed by atoms with E-state index in [4.69, 9.17) is 14.2 Å². The molecule has 3 heteroatoms. The van der Waals surface area contributed by atoms with E-state index in [1.54, 1.807) is 14.2 Å². The second-order valence-corrected chi connectivity index (χ2v) is 2.39. The molecule has 1 saturated heterocycles. The Morgan fingerprint density at radius 3 is 2.50 bits per heavy atom. The molecule has 0 aromatic carbocycles. The monoisotopic (exact) mass is 146 g/mol. The Bertz CT molecular complexity index is 84.9. The molecule has 0 unspecified atom stereocenters. The van der Waals surface area contributed by atoms with Gasteiger partial charge in [0.2, 0.25) is 0 Å². The summed E-state index contributed by atoms with van der Waals surface area (Å²) in [7, 11) is 3.27. The minimum Gasteiger partial charge on any atom is -0.373 e. The standard InChI is InChI=1S/C7H14O3/c1-8-7(9-2)6-4-3-5-10-6/h6-7H,3-5H2,1-2H3/t6-/m0/s1. The highest BCUT2D eigenvalue weighted by atomic mass is 16.7. The molecule has 60 valence electrons. The van der Waals surface area contributed by atoms with Crippen molar-refractivity contribution in [2.45, 2.75) is 25.2 Å². The molecular weight excluding hydrogens is 132 g/mol. The lowest BCUT2D eigenvalue weighted by Gasteiger charge is -2.18. The highest BCUT2D eigenvalue weighted by Gasteiger charge is 2.25. The zero-order valence-electron chi connectivity index (χ0n) is 6.50. The molecule has 10 heavy (non-hydrogen) atoms. The van der Waals surface area contributed by atoms with Gasteiger partial charge in [-0.3, -0.25) is 0 Å². The first-order valence-corrected chi connectivity index (χ1v) is 3.55. The molecule has 1 atom stereocenters. The molecule has 3 nitrogen and oxygen atoms in total. The van der Waals surface area contributed by atoms with E-state index in [2.05, 4.69) is 0 Å². The highest BCUT2D eigenvalue weighted by Crippen LogP contribution is 2.17. The van der Waals surface area contributed by atoms with Crippen LogP contribution < -0.4 is 0 Å². The molecule has 0 aromatic rings. The van der Waals surface area contributed by atoms with Crippen LogP contribution in [0.3, 0.4) is 0 Å². The maximum Gasteiger partial charge on any atom is 0.182 e. The molecule has 1 rings (SSSR count). The van der Waals surface area contributed by atoms with Gasteiger partial charge in [0.25, 0.3) is 0 Å². The summed E-state index contributed by atoms with van der Waals surface area (Å²) in [4.78, 5) is 0. The average molecular weight is 146 g/mol. The maximum atomic E-state index is 5.35. The summed E-state index contributed by atoms with van der Waals surface area (Å²) in [6.45, 7) is 0.841. The van der Waals surface area contributed by atoms with Crippen molar-refractivity contribution in [1.29, 1.82) is 0 Å². The summed E-state index contributed by atoms with van der Waals surface area (Å²) in [6, 6.07) is 0. The Balaban J connectivity index is 2.29. The van der Waals surface area contributed by atoms with Gasteiger partial charge in [0.05, 0.1) is 0 Å². The molecular formula is C7H14O3. The quantitative estimate of drug-likeness (QED) is 0.551. The van der Waals surface area contributed by atoms with Crippen molar-refractivity contribution >= 4 is 0 Å². The number of methoxy groups -OCH3 is 2. The second kappa shape index (κ2) is 3.91.